The first-order chi connectivity index (χ1) is 18.6. The van der Waals surface area contributed by atoms with Crippen molar-refractivity contribution in [3.8, 4) is 0 Å². The van der Waals surface area contributed by atoms with Crippen molar-refractivity contribution in [2.24, 2.45) is 0 Å². The van der Waals surface area contributed by atoms with E-state index in [9.17, 15) is 4.79 Å². The molecule has 0 aromatic heterocycles. The highest BCUT2D eigenvalue weighted by Crippen LogP contribution is 2.10. The number of allylic oxidation sites excluding steroid dienone is 4. The molecule has 0 radical (unpaired) electrons. The summed E-state index contributed by atoms with van der Waals surface area (Å²) < 4.78 is 0. The third-order valence-corrected chi connectivity index (χ3v) is 6.10. The van der Waals surface area contributed by atoms with Crippen molar-refractivity contribution >= 4 is 5.97 Å². The van der Waals surface area contributed by atoms with Gasteiger partial charge in [-0.3, -0.25) is 4.79 Å². The number of aliphatic carboxylic acids is 1. The number of hydrogen-bond acceptors (Lipinski definition) is 1. The van der Waals surface area contributed by atoms with Gasteiger partial charge in [-0.2, -0.15) is 0 Å². The van der Waals surface area contributed by atoms with Crippen LogP contribution in [0.4, 0.5) is 0 Å². The zero-order chi connectivity index (χ0) is 27.9. The van der Waals surface area contributed by atoms with Gasteiger partial charge in [0, 0.05) is 6.42 Å². The van der Waals surface area contributed by atoms with Gasteiger partial charge in [0.25, 0.3) is 0 Å². The number of rotatable bonds is 19. The van der Waals surface area contributed by atoms with Crippen LogP contribution in [0.25, 0.3) is 0 Å². The fourth-order valence-electron chi connectivity index (χ4n) is 3.91. The van der Waals surface area contributed by atoms with Crippen LogP contribution in [0.2, 0.25) is 0 Å². The first kappa shape index (κ1) is 35.1. The molecule has 0 saturated carbocycles. The summed E-state index contributed by atoms with van der Waals surface area (Å²) in [4.78, 5) is 10.3. The van der Waals surface area contributed by atoms with Gasteiger partial charge in [0.2, 0.25) is 0 Å². The normalized spacial score (nSPS) is 10.1. The Kier molecular flexibility index (Phi) is 26.5. The SMILES string of the molecule is C=CCc1ccccc1.C=CCc1ccccc1.CCCCCCCC/C=C\CCCCCCCC(=O)O. The van der Waals surface area contributed by atoms with Gasteiger partial charge in [0.05, 0.1) is 0 Å². The molecule has 0 spiro atoms. The maximum atomic E-state index is 10.3. The third-order valence-electron chi connectivity index (χ3n) is 6.10. The summed E-state index contributed by atoms with van der Waals surface area (Å²) >= 11 is 0. The van der Waals surface area contributed by atoms with E-state index < -0.39 is 5.97 Å². The number of carboxylic acids is 1. The Hall–Kier alpha value is -2.87. The zero-order valence-corrected chi connectivity index (χ0v) is 24.2. The predicted octanol–water partition coefficient (Wildman–Crippen LogP) is 10.9. The number of carboxylic acid groups (broad SMARTS) is 1. The minimum absolute atomic E-state index is 0.332. The molecule has 0 bridgehead atoms. The van der Waals surface area contributed by atoms with Crippen LogP contribution in [0.15, 0.2) is 98.1 Å². The summed E-state index contributed by atoms with van der Waals surface area (Å²) in [5.41, 5.74) is 2.65. The third kappa shape index (κ3) is 26.2. The molecule has 0 aliphatic rings. The Morgan fingerprint density at radius 2 is 1.03 bits per heavy atom. The zero-order valence-electron chi connectivity index (χ0n) is 24.2. The molecule has 2 heteroatoms. The molecule has 0 unspecified atom stereocenters. The lowest BCUT2D eigenvalue weighted by molar-refractivity contribution is -0.137. The summed E-state index contributed by atoms with van der Waals surface area (Å²) in [6.45, 7) is 9.57. The predicted molar refractivity (Wildman–Crippen MR) is 168 cm³/mol. The smallest absolute Gasteiger partial charge is 0.303 e. The fourth-order valence-corrected chi connectivity index (χ4v) is 3.91. The standard InChI is InChI=1S/C18H34O2.2C9H10/c1-2-3-4-5-6-7-8-9-10-11-12-13-14-15-16-17-18(19)20;2*1-2-6-9-7-4-3-5-8-9/h9-10H,2-8,11-17H2,1H3,(H,19,20);2*2-5,7-8H,1,6H2/b10-9-;;. The van der Waals surface area contributed by atoms with Crippen molar-refractivity contribution in [1.82, 2.24) is 0 Å². The second-order valence-electron chi connectivity index (χ2n) is 9.68. The highest BCUT2D eigenvalue weighted by molar-refractivity contribution is 5.66. The molecule has 0 aliphatic heterocycles. The van der Waals surface area contributed by atoms with Gasteiger partial charge in [0.1, 0.15) is 0 Å². The van der Waals surface area contributed by atoms with Gasteiger partial charge in [-0.25, -0.2) is 0 Å². The Bertz CT molecular complexity index is 762. The molecule has 0 aliphatic carbocycles. The van der Waals surface area contributed by atoms with Crippen LogP contribution in [0.1, 0.15) is 108 Å². The Morgan fingerprint density at radius 3 is 1.42 bits per heavy atom. The average Bonchev–Trinajstić information content (AvgIpc) is 2.93. The van der Waals surface area contributed by atoms with Crippen molar-refractivity contribution < 1.29 is 9.90 Å². The van der Waals surface area contributed by atoms with Gasteiger partial charge < -0.3 is 5.11 Å². The van der Waals surface area contributed by atoms with E-state index in [0.29, 0.717) is 6.42 Å². The first-order valence-corrected chi connectivity index (χ1v) is 14.8. The molecule has 0 saturated heterocycles. The van der Waals surface area contributed by atoms with Crippen molar-refractivity contribution in [2.45, 2.75) is 110 Å². The molecule has 210 valence electrons. The molecule has 2 nitrogen and oxygen atoms in total. The lowest BCUT2D eigenvalue weighted by Gasteiger charge is -1.99. The van der Waals surface area contributed by atoms with E-state index in [-0.39, 0.29) is 0 Å². The summed E-state index contributed by atoms with van der Waals surface area (Å²) in [7, 11) is 0. The van der Waals surface area contributed by atoms with Gasteiger partial charge >= 0.3 is 5.97 Å². The monoisotopic (exact) mass is 518 g/mol. The van der Waals surface area contributed by atoms with Gasteiger partial charge in [-0.15, -0.1) is 13.2 Å². The lowest BCUT2D eigenvalue weighted by atomic mass is 10.1. The highest BCUT2D eigenvalue weighted by atomic mass is 16.4. The molecule has 1 N–H and O–H groups in total. The van der Waals surface area contributed by atoms with Crippen LogP contribution in [0.3, 0.4) is 0 Å². The van der Waals surface area contributed by atoms with Crippen LogP contribution in [0, 0.1) is 0 Å². The molecule has 0 heterocycles. The van der Waals surface area contributed by atoms with Gasteiger partial charge in [-0.1, -0.05) is 143 Å². The molecular weight excluding hydrogens is 464 g/mol. The maximum Gasteiger partial charge on any atom is 0.303 e. The van der Waals surface area contributed by atoms with Crippen molar-refractivity contribution in [1.29, 1.82) is 0 Å². The van der Waals surface area contributed by atoms with E-state index >= 15 is 0 Å². The van der Waals surface area contributed by atoms with Gasteiger partial charge in [-0.05, 0) is 56.1 Å². The van der Waals surface area contributed by atoms with E-state index in [0.717, 1.165) is 25.7 Å². The minimum atomic E-state index is -0.664. The Labute approximate surface area is 234 Å². The topological polar surface area (TPSA) is 37.3 Å². The molecule has 0 amide bonds. The van der Waals surface area contributed by atoms with E-state index in [1.165, 1.54) is 81.8 Å². The molecule has 2 rings (SSSR count). The van der Waals surface area contributed by atoms with Crippen LogP contribution in [-0.2, 0) is 17.6 Å². The molecule has 2 aromatic carbocycles. The van der Waals surface area contributed by atoms with Crippen molar-refractivity contribution in [2.75, 3.05) is 0 Å². The van der Waals surface area contributed by atoms with E-state index in [1.54, 1.807) is 0 Å². The Morgan fingerprint density at radius 1 is 0.632 bits per heavy atom. The summed E-state index contributed by atoms with van der Waals surface area (Å²) in [6, 6.07) is 20.6. The molecule has 0 fully saturated rings. The fraction of sp³-hybridized carbons (Fsp3) is 0.472. The quantitative estimate of drug-likeness (QED) is 0.148. The van der Waals surface area contributed by atoms with Crippen LogP contribution >= 0.6 is 0 Å². The largest absolute Gasteiger partial charge is 0.481 e. The van der Waals surface area contributed by atoms with Crippen molar-refractivity contribution in [3.05, 3.63) is 109 Å². The van der Waals surface area contributed by atoms with Crippen molar-refractivity contribution in [3.63, 3.8) is 0 Å². The number of benzene rings is 2. The lowest BCUT2D eigenvalue weighted by Crippen LogP contribution is -1.93. The summed E-state index contributed by atoms with van der Waals surface area (Å²) in [5, 5.41) is 8.51. The molecule has 2 aromatic rings. The Balaban J connectivity index is 0.000000620. The number of carbonyl (C=O) groups is 1. The van der Waals surface area contributed by atoms with Crippen LogP contribution < -0.4 is 0 Å². The number of unbranched alkanes of at least 4 members (excludes halogenated alkanes) is 11. The van der Waals surface area contributed by atoms with Crippen LogP contribution in [0.5, 0.6) is 0 Å². The molecule has 0 atom stereocenters. The van der Waals surface area contributed by atoms with E-state index in [4.69, 9.17) is 5.11 Å². The van der Waals surface area contributed by atoms with E-state index in [1.807, 2.05) is 48.6 Å². The van der Waals surface area contributed by atoms with Crippen LogP contribution in [-0.4, -0.2) is 11.1 Å². The minimum Gasteiger partial charge on any atom is -0.481 e. The van der Waals surface area contributed by atoms with Gasteiger partial charge in [0.15, 0.2) is 0 Å². The second kappa shape index (κ2) is 28.7. The number of hydrogen-bond donors (Lipinski definition) is 1. The summed E-state index contributed by atoms with van der Waals surface area (Å²) in [6.07, 6.45) is 27.0. The average molecular weight is 519 g/mol. The first-order valence-electron chi connectivity index (χ1n) is 14.8. The summed E-state index contributed by atoms with van der Waals surface area (Å²) in [5.74, 6) is -0.664. The maximum absolute atomic E-state index is 10.3. The molecular formula is C36H54O2. The molecule has 38 heavy (non-hydrogen) atoms. The van der Waals surface area contributed by atoms with E-state index in [2.05, 4.69) is 56.5 Å². The second-order valence-corrected chi connectivity index (χ2v) is 9.68. The highest BCUT2D eigenvalue weighted by Gasteiger charge is 1.96.